The quantitative estimate of drug-likeness (QED) is 0.211. The minimum Gasteiger partial charge on any atom is -0.382 e. The normalized spacial score (nSPS) is 14.4. The van der Waals surface area contributed by atoms with Crippen LogP contribution in [-0.2, 0) is 10.1 Å². The fourth-order valence-electron chi connectivity index (χ4n) is 3.98. The van der Waals surface area contributed by atoms with Crippen LogP contribution in [0.15, 0.2) is 47.4 Å². The smallest absolute Gasteiger partial charge is 0.339 e. The Bertz CT molecular complexity index is 1250. The van der Waals surface area contributed by atoms with E-state index in [1.54, 1.807) is 18.2 Å². The van der Waals surface area contributed by atoms with Gasteiger partial charge in [0.25, 0.3) is 0 Å². The Morgan fingerprint density at radius 1 is 1.11 bits per heavy atom. The molecule has 0 saturated heterocycles. The Hall–Kier alpha value is -3.31. The van der Waals surface area contributed by atoms with Gasteiger partial charge in [-0.3, -0.25) is 5.32 Å². The summed E-state index contributed by atoms with van der Waals surface area (Å²) < 4.78 is 30.9. The number of amides is 2. The lowest BCUT2D eigenvalue weighted by molar-refractivity contribution is 0.252. The number of carbonyl (C=O) groups is 1. The summed E-state index contributed by atoms with van der Waals surface area (Å²) in [5.41, 5.74) is 1.99. The van der Waals surface area contributed by atoms with Gasteiger partial charge in [0, 0.05) is 36.9 Å². The highest BCUT2D eigenvalue weighted by molar-refractivity contribution is 7.87. The SMILES string of the molecule is CC(C)NCCNC(=O)Nc1nc2cc(OS(=O)(=O)c3ccc(NC4CCCC4)cc3)ccc2[nH]1. The number of carbonyl (C=O) groups excluding carboxylic acids is 1. The van der Waals surface area contributed by atoms with Crippen molar-refractivity contribution in [2.75, 3.05) is 23.7 Å². The van der Waals surface area contributed by atoms with Gasteiger partial charge in [-0.1, -0.05) is 26.7 Å². The van der Waals surface area contributed by atoms with Crippen molar-refractivity contribution in [1.82, 2.24) is 20.6 Å². The highest BCUT2D eigenvalue weighted by Gasteiger charge is 2.19. The fraction of sp³-hybridized carbons (Fsp3) is 0.417. The molecule has 1 aromatic heterocycles. The molecule has 35 heavy (non-hydrogen) atoms. The van der Waals surface area contributed by atoms with Gasteiger partial charge in [0.1, 0.15) is 10.6 Å². The van der Waals surface area contributed by atoms with Crippen molar-refractivity contribution in [2.45, 2.75) is 56.5 Å². The molecule has 5 N–H and O–H groups in total. The Balaban J connectivity index is 1.36. The van der Waals surface area contributed by atoms with Crippen LogP contribution in [0.25, 0.3) is 11.0 Å². The number of hydrogen-bond acceptors (Lipinski definition) is 7. The Labute approximate surface area is 205 Å². The van der Waals surface area contributed by atoms with Crippen LogP contribution in [0.1, 0.15) is 39.5 Å². The average molecular weight is 501 g/mol. The molecule has 3 aromatic rings. The first-order valence-electron chi connectivity index (χ1n) is 11.9. The molecule has 0 bridgehead atoms. The first-order chi connectivity index (χ1) is 16.8. The molecule has 4 rings (SSSR count). The third kappa shape index (κ3) is 6.86. The molecule has 188 valence electrons. The lowest BCUT2D eigenvalue weighted by atomic mass is 10.2. The van der Waals surface area contributed by atoms with Gasteiger partial charge in [-0.05, 0) is 49.2 Å². The van der Waals surface area contributed by atoms with E-state index in [2.05, 4.69) is 31.2 Å². The zero-order valence-electron chi connectivity index (χ0n) is 19.9. The van der Waals surface area contributed by atoms with Crippen LogP contribution in [0, 0.1) is 0 Å². The first-order valence-corrected chi connectivity index (χ1v) is 13.3. The zero-order chi connectivity index (χ0) is 24.8. The van der Waals surface area contributed by atoms with Crippen LogP contribution in [0.2, 0.25) is 0 Å². The summed E-state index contributed by atoms with van der Waals surface area (Å²) in [4.78, 5) is 19.4. The van der Waals surface area contributed by atoms with Crippen LogP contribution in [0.4, 0.5) is 16.4 Å². The van der Waals surface area contributed by atoms with Crippen LogP contribution < -0.4 is 25.5 Å². The van der Waals surface area contributed by atoms with Crippen molar-refractivity contribution in [2.24, 2.45) is 0 Å². The van der Waals surface area contributed by atoms with Gasteiger partial charge in [0.15, 0.2) is 0 Å². The maximum absolute atomic E-state index is 12.8. The number of anilines is 2. The van der Waals surface area contributed by atoms with Crippen molar-refractivity contribution < 1.29 is 17.4 Å². The molecule has 1 aliphatic rings. The van der Waals surface area contributed by atoms with Crippen LogP contribution in [0.3, 0.4) is 0 Å². The molecule has 0 radical (unpaired) electrons. The molecule has 2 amide bonds. The van der Waals surface area contributed by atoms with Crippen molar-refractivity contribution in [3.05, 3.63) is 42.5 Å². The van der Waals surface area contributed by atoms with Gasteiger partial charge in [-0.25, -0.2) is 9.78 Å². The predicted molar refractivity (Wildman–Crippen MR) is 136 cm³/mol. The molecule has 0 spiro atoms. The maximum Gasteiger partial charge on any atom is 0.339 e. The minimum atomic E-state index is -4.01. The lowest BCUT2D eigenvalue weighted by Crippen LogP contribution is -2.36. The molecule has 2 aromatic carbocycles. The molecule has 0 atom stereocenters. The topological polar surface area (TPSA) is 137 Å². The maximum atomic E-state index is 12.8. The van der Waals surface area contributed by atoms with Crippen LogP contribution in [-0.4, -0.2) is 49.6 Å². The molecule has 1 aliphatic carbocycles. The summed E-state index contributed by atoms with van der Waals surface area (Å²) in [5.74, 6) is 0.382. The second-order valence-corrected chi connectivity index (χ2v) is 10.5. The average Bonchev–Trinajstić information content (AvgIpc) is 3.46. The second-order valence-electron chi connectivity index (χ2n) is 8.94. The minimum absolute atomic E-state index is 0.0718. The zero-order valence-corrected chi connectivity index (χ0v) is 20.7. The van der Waals surface area contributed by atoms with Crippen molar-refractivity contribution >= 4 is 38.8 Å². The summed E-state index contributed by atoms with van der Waals surface area (Å²) in [6.07, 6.45) is 4.71. The number of imidazole rings is 1. The van der Waals surface area contributed by atoms with Gasteiger partial charge >= 0.3 is 16.1 Å². The lowest BCUT2D eigenvalue weighted by Gasteiger charge is -2.14. The van der Waals surface area contributed by atoms with E-state index in [0.29, 0.717) is 36.2 Å². The third-order valence-electron chi connectivity index (χ3n) is 5.72. The summed E-state index contributed by atoms with van der Waals surface area (Å²) >= 11 is 0. The highest BCUT2D eigenvalue weighted by atomic mass is 32.2. The third-order valence-corrected chi connectivity index (χ3v) is 6.99. The summed E-state index contributed by atoms with van der Waals surface area (Å²) in [6, 6.07) is 11.7. The van der Waals surface area contributed by atoms with E-state index < -0.39 is 10.1 Å². The molecule has 0 unspecified atom stereocenters. The number of nitrogens with one attached hydrogen (secondary N) is 5. The van der Waals surface area contributed by atoms with E-state index in [1.165, 1.54) is 37.1 Å². The predicted octanol–water partition coefficient (Wildman–Crippen LogP) is 3.80. The number of hydrogen-bond donors (Lipinski definition) is 5. The van der Waals surface area contributed by atoms with Gasteiger partial charge in [0.05, 0.1) is 11.0 Å². The van der Waals surface area contributed by atoms with E-state index in [4.69, 9.17) is 4.18 Å². The number of nitrogens with zero attached hydrogens (tertiary/aromatic N) is 1. The van der Waals surface area contributed by atoms with Gasteiger partial charge in [-0.2, -0.15) is 8.42 Å². The number of urea groups is 1. The standard InChI is InChI=1S/C24H32N6O4S/c1-16(2)25-13-14-26-24(31)30-23-28-21-12-9-19(15-22(21)29-23)34-35(32,33)20-10-7-18(8-11-20)27-17-5-3-4-6-17/h7-12,15-17,25,27H,3-6,13-14H2,1-2H3,(H3,26,28,29,30,31). The Morgan fingerprint density at radius 2 is 1.86 bits per heavy atom. The molecular formula is C24H32N6O4S. The number of aromatic amines is 1. The summed E-state index contributed by atoms with van der Waals surface area (Å²) in [5, 5.41) is 12.0. The molecular weight excluding hydrogens is 468 g/mol. The number of benzene rings is 2. The van der Waals surface area contributed by atoms with Crippen molar-refractivity contribution in [1.29, 1.82) is 0 Å². The van der Waals surface area contributed by atoms with E-state index in [9.17, 15) is 13.2 Å². The van der Waals surface area contributed by atoms with E-state index >= 15 is 0 Å². The molecule has 0 aliphatic heterocycles. The van der Waals surface area contributed by atoms with Crippen molar-refractivity contribution in [3.8, 4) is 5.75 Å². The number of rotatable bonds is 10. The first kappa shape index (κ1) is 24.8. The van der Waals surface area contributed by atoms with Crippen LogP contribution >= 0.6 is 0 Å². The molecule has 11 heteroatoms. The van der Waals surface area contributed by atoms with E-state index in [-0.39, 0.29) is 22.6 Å². The largest absolute Gasteiger partial charge is 0.382 e. The van der Waals surface area contributed by atoms with Crippen LogP contribution in [0.5, 0.6) is 5.75 Å². The summed E-state index contributed by atoms with van der Waals surface area (Å²) in [7, 11) is -4.01. The number of fused-ring (bicyclic) bond motifs is 1. The van der Waals surface area contributed by atoms with Crippen molar-refractivity contribution in [3.63, 3.8) is 0 Å². The summed E-state index contributed by atoms with van der Waals surface area (Å²) in [6.45, 7) is 5.18. The van der Waals surface area contributed by atoms with Gasteiger partial charge < -0.3 is 25.1 Å². The molecule has 10 nitrogen and oxygen atoms in total. The Morgan fingerprint density at radius 3 is 2.57 bits per heavy atom. The number of H-pyrrole nitrogens is 1. The highest BCUT2D eigenvalue weighted by Crippen LogP contribution is 2.26. The number of aromatic nitrogens is 2. The van der Waals surface area contributed by atoms with Gasteiger partial charge in [0.2, 0.25) is 5.95 Å². The molecule has 1 heterocycles. The second kappa shape index (κ2) is 11.0. The van der Waals surface area contributed by atoms with E-state index in [0.717, 1.165) is 18.5 Å². The van der Waals surface area contributed by atoms with E-state index in [1.807, 2.05) is 13.8 Å². The monoisotopic (exact) mass is 500 g/mol. The van der Waals surface area contributed by atoms with Gasteiger partial charge in [-0.15, -0.1) is 0 Å². The molecule has 1 fully saturated rings. The Kier molecular flexibility index (Phi) is 7.76. The molecule has 1 saturated carbocycles. The fourth-order valence-corrected chi connectivity index (χ4v) is 4.91.